The fourth-order valence-corrected chi connectivity index (χ4v) is 12.1. The third-order valence-corrected chi connectivity index (χ3v) is 13.7. The first-order valence-electron chi connectivity index (χ1n) is 15.8. The van der Waals surface area contributed by atoms with E-state index in [0.29, 0.717) is 0 Å². The summed E-state index contributed by atoms with van der Waals surface area (Å²) >= 11 is 0. The van der Waals surface area contributed by atoms with Crippen LogP contribution in [0.2, 0.25) is 0 Å². The van der Waals surface area contributed by atoms with Gasteiger partial charge in [0.25, 0.3) is 0 Å². The fourth-order valence-electron chi connectivity index (χ4n) is 9.41. The first kappa shape index (κ1) is 26.7. The van der Waals surface area contributed by atoms with Crippen LogP contribution in [0.1, 0.15) is 44.1 Å². The molecule has 4 aliphatic rings. The van der Waals surface area contributed by atoms with Gasteiger partial charge < -0.3 is 9.46 Å². The van der Waals surface area contributed by atoms with E-state index in [1.54, 1.807) is 0 Å². The summed E-state index contributed by atoms with van der Waals surface area (Å²) < 4.78 is 15.0. The van der Waals surface area contributed by atoms with Gasteiger partial charge in [-0.2, -0.15) is 0 Å². The van der Waals surface area contributed by atoms with Gasteiger partial charge in [0.2, 0.25) is 0 Å². The van der Waals surface area contributed by atoms with Crippen LogP contribution in [0, 0.1) is 11.8 Å². The van der Waals surface area contributed by atoms with Crippen molar-refractivity contribution in [2.45, 2.75) is 49.5 Å². The molecule has 3 heteroatoms. The normalized spacial score (nSPS) is 25.9. The molecule has 43 heavy (non-hydrogen) atoms. The summed E-state index contributed by atoms with van der Waals surface area (Å²) in [5, 5.41) is 2.71. The maximum atomic E-state index is 15.0. The number of para-hydroxylation sites is 2. The molecular weight excluding hydrogens is 541 g/mol. The number of hydrogen-bond acceptors (Lipinski definition) is 2. The monoisotopic (exact) mass is 579 g/mol. The van der Waals surface area contributed by atoms with Crippen molar-refractivity contribution in [3.8, 4) is 0 Å². The van der Waals surface area contributed by atoms with Gasteiger partial charge in [-0.1, -0.05) is 121 Å². The topological polar surface area (TPSA) is 20.3 Å². The Morgan fingerprint density at radius 3 is 1.40 bits per heavy atom. The van der Waals surface area contributed by atoms with E-state index < -0.39 is 7.14 Å². The highest BCUT2D eigenvalue weighted by molar-refractivity contribution is 7.85. The predicted octanol–water partition coefficient (Wildman–Crippen LogP) is 8.75. The summed E-state index contributed by atoms with van der Waals surface area (Å²) in [6.07, 6.45) is 7.55. The van der Waals surface area contributed by atoms with E-state index in [1.807, 2.05) is 60.7 Å². The van der Waals surface area contributed by atoms with E-state index >= 15 is 4.57 Å². The van der Waals surface area contributed by atoms with Gasteiger partial charge in [-0.3, -0.25) is 0 Å². The summed E-state index contributed by atoms with van der Waals surface area (Å²) in [5.41, 5.74) is 4.27. The Balaban J connectivity index is 1.21. The smallest absolute Gasteiger partial charge is 0.171 e. The predicted molar refractivity (Wildman–Crippen MR) is 180 cm³/mol. The van der Waals surface area contributed by atoms with Gasteiger partial charge in [-0.25, -0.2) is 0 Å². The lowest BCUT2D eigenvalue weighted by atomic mass is 9.45. The molecule has 0 heterocycles. The van der Waals surface area contributed by atoms with Gasteiger partial charge >= 0.3 is 0 Å². The van der Waals surface area contributed by atoms with E-state index in [9.17, 15) is 0 Å². The highest BCUT2D eigenvalue weighted by atomic mass is 31.2. The zero-order chi connectivity index (χ0) is 28.9. The Kier molecular flexibility index (Phi) is 6.46. The highest BCUT2D eigenvalue weighted by Gasteiger charge is 2.60. The molecule has 5 aromatic rings. The van der Waals surface area contributed by atoms with Crippen LogP contribution in [-0.4, -0.2) is 5.54 Å². The maximum absolute atomic E-state index is 15.0. The molecule has 0 aromatic heterocycles. The second kappa shape index (κ2) is 10.4. The molecule has 4 aliphatic carbocycles. The van der Waals surface area contributed by atoms with Crippen molar-refractivity contribution in [3.05, 3.63) is 151 Å². The molecule has 0 radical (unpaired) electrons. The minimum Gasteiger partial charge on any atom is -0.335 e. The summed E-state index contributed by atoms with van der Waals surface area (Å²) in [7, 11) is -2.99. The molecule has 2 unspecified atom stereocenters. The maximum Gasteiger partial charge on any atom is 0.171 e. The molecule has 9 rings (SSSR count). The molecule has 0 amide bonds. The summed E-state index contributed by atoms with van der Waals surface area (Å²) in [6.45, 7) is 0. The van der Waals surface area contributed by atoms with Crippen LogP contribution in [0.25, 0.3) is 0 Å². The van der Waals surface area contributed by atoms with Gasteiger partial charge in [0.15, 0.2) is 7.14 Å². The molecule has 4 fully saturated rings. The Morgan fingerprint density at radius 1 is 0.512 bits per heavy atom. The molecule has 0 N–H and O–H groups in total. The SMILES string of the molecule is O=P(c1ccccc1)(c1ccccc1)c1ccc(C23CC4CC(C2)CC(N(c2ccccc2)c2ccccc2)(C4)C3)cc1. The van der Waals surface area contributed by atoms with E-state index in [4.69, 9.17) is 0 Å². The second-order valence-electron chi connectivity index (χ2n) is 13.3. The van der Waals surface area contributed by atoms with Crippen molar-refractivity contribution in [1.29, 1.82) is 0 Å². The molecule has 5 aromatic carbocycles. The third-order valence-electron chi connectivity index (χ3n) is 10.6. The van der Waals surface area contributed by atoms with Gasteiger partial charge in [-0.05, 0) is 85.6 Å². The Hall–Kier alpha value is -3.87. The highest BCUT2D eigenvalue weighted by Crippen LogP contribution is 2.65. The zero-order valence-electron chi connectivity index (χ0n) is 24.6. The lowest BCUT2D eigenvalue weighted by Crippen LogP contribution is -2.63. The van der Waals surface area contributed by atoms with E-state index in [0.717, 1.165) is 34.2 Å². The minimum atomic E-state index is -2.99. The minimum absolute atomic E-state index is 0.0921. The quantitative estimate of drug-likeness (QED) is 0.180. The lowest BCUT2D eigenvalue weighted by Gasteiger charge is -2.65. The molecule has 0 saturated heterocycles. The standard InChI is InChI=1S/C40H38NOP/c42-43(36-17-9-3-10-18-36,37-19-11-4-12-20-37)38-23-21-33(22-24-38)39-26-31-25-32(27-39)29-40(28-31,30-39)41(34-13-5-1-6-14-34)35-15-7-2-8-16-35/h1-24,31-32H,25-30H2. The molecule has 4 saturated carbocycles. The average molecular weight is 580 g/mol. The van der Waals surface area contributed by atoms with Crippen molar-refractivity contribution in [2.24, 2.45) is 11.8 Å². The first-order chi connectivity index (χ1) is 21.1. The second-order valence-corrected chi connectivity index (χ2v) is 16.1. The van der Waals surface area contributed by atoms with E-state index in [-0.39, 0.29) is 11.0 Å². The van der Waals surface area contributed by atoms with Crippen molar-refractivity contribution in [2.75, 3.05) is 4.90 Å². The average Bonchev–Trinajstić information content (AvgIpc) is 3.06. The van der Waals surface area contributed by atoms with Gasteiger partial charge in [0.1, 0.15) is 0 Å². The number of hydrogen-bond donors (Lipinski definition) is 0. The van der Waals surface area contributed by atoms with Crippen LogP contribution < -0.4 is 20.8 Å². The number of benzene rings is 5. The molecule has 0 aliphatic heterocycles. The van der Waals surface area contributed by atoms with Crippen LogP contribution in [0.3, 0.4) is 0 Å². The van der Waals surface area contributed by atoms with Crippen molar-refractivity contribution >= 4 is 34.4 Å². The largest absolute Gasteiger partial charge is 0.335 e. The number of anilines is 2. The van der Waals surface area contributed by atoms with Crippen LogP contribution in [0.4, 0.5) is 11.4 Å². The van der Waals surface area contributed by atoms with Crippen LogP contribution in [0.5, 0.6) is 0 Å². The third kappa shape index (κ3) is 4.42. The zero-order valence-corrected chi connectivity index (χ0v) is 25.5. The Morgan fingerprint density at radius 2 is 0.930 bits per heavy atom. The molecule has 2 nitrogen and oxygen atoms in total. The van der Waals surface area contributed by atoms with Gasteiger partial charge in [-0.15, -0.1) is 0 Å². The van der Waals surface area contributed by atoms with Crippen molar-refractivity contribution in [1.82, 2.24) is 0 Å². The van der Waals surface area contributed by atoms with E-state index in [2.05, 4.69) is 89.8 Å². The fraction of sp³-hybridized carbons (Fsp3) is 0.250. The van der Waals surface area contributed by atoms with E-state index in [1.165, 1.54) is 49.0 Å². The van der Waals surface area contributed by atoms with Gasteiger partial charge in [0.05, 0.1) is 0 Å². The summed E-state index contributed by atoms with van der Waals surface area (Å²) in [6, 6.07) is 51.2. The van der Waals surface area contributed by atoms with Gasteiger partial charge in [0, 0.05) is 32.8 Å². The molecule has 4 bridgehead atoms. The first-order valence-corrected chi connectivity index (χ1v) is 17.5. The molecular formula is C40H38NOP. The van der Waals surface area contributed by atoms with Crippen molar-refractivity contribution in [3.63, 3.8) is 0 Å². The lowest BCUT2D eigenvalue weighted by molar-refractivity contribution is -0.0224. The van der Waals surface area contributed by atoms with Crippen LogP contribution in [-0.2, 0) is 9.98 Å². The van der Waals surface area contributed by atoms with Crippen LogP contribution in [0.15, 0.2) is 146 Å². The molecule has 2 atom stereocenters. The molecule has 214 valence electrons. The van der Waals surface area contributed by atoms with Crippen molar-refractivity contribution < 1.29 is 4.57 Å². The summed E-state index contributed by atoms with van der Waals surface area (Å²) in [5.74, 6) is 1.46. The Bertz CT molecular complexity index is 1660. The van der Waals surface area contributed by atoms with Crippen LogP contribution >= 0.6 is 7.14 Å². The summed E-state index contributed by atoms with van der Waals surface area (Å²) in [4.78, 5) is 2.70. The number of nitrogens with zero attached hydrogens (tertiary/aromatic N) is 1. The molecule has 0 spiro atoms. The number of rotatable bonds is 7. The Labute approximate surface area is 255 Å².